The predicted molar refractivity (Wildman–Crippen MR) is 68.5 cm³/mol. The lowest BCUT2D eigenvalue weighted by molar-refractivity contribution is -0.0500. The van der Waals surface area contributed by atoms with Crippen LogP contribution in [0.25, 0.3) is 0 Å². The molecular formula is C14H19F2NO2. The van der Waals surface area contributed by atoms with Crippen molar-refractivity contribution in [3.05, 3.63) is 29.8 Å². The van der Waals surface area contributed by atoms with Crippen LogP contribution in [0.3, 0.4) is 0 Å². The monoisotopic (exact) mass is 271 g/mol. The van der Waals surface area contributed by atoms with Crippen molar-refractivity contribution in [1.82, 2.24) is 5.32 Å². The number of hydrogen-bond donors (Lipinski definition) is 1. The molecule has 0 bridgehead atoms. The van der Waals surface area contributed by atoms with Gasteiger partial charge in [0.05, 0.1) is 12.7 Å². The lowest BCUT2D eigenvalue weighted by Gasteiger charge is -2.38. The lowest BCUT2D eigenvalue weighted by atomic mass is 9.96. The van der Waals surface area contributed by atoms with E-state index in [9.17, 15) is 8.78 Å². The molecule has 3 nitrogen and oxygen atoms in total. The van der Waals surface area contributed by atoms with Gasteiger partial charge in [-0.05, 0) is 31.0 Å². The third kappa shape index (κ3) is 3.64. The second-order valence-electron chi connectivity index (χ2n) is 5.04. The van der Waals surface area contributed by atoms with E-state index in [0.717, 1.165) is 18.5 Å². The first-order chi connectivity index (χ1) is 9.02. The Morgan fingerprint density at radius 1 is 1.42 bits per heavy atom. The maximum Gasteiger partial charge on any atom is 0.387 e. The van der Waals surface area contributed by atoms with E-state index in [1.54, 1.807) is 24.3 Å². The van der Waals surface area contributed by atoms with Gasteiger partial charge in [-0.15, -0.1) is 0 Å². The maximum absolute atomic E-state index is 12.0. The first kappa shape index (κ1) is 14.2. The molecule has 5 heteroatoms. The Kier molecular flexibility index (Phi) is 4.37. The molecule has 1 aromatic carbocycles. The number of morpholine rings is 1. The molecule has 0 aromatic heterocycles. The average Bonchev–Trinajstić information content (AvgIpc) is 2.40. The maximum atomic E-state index is 12.0. The van der Waals surface area contributed by atoms with Gasteiger partial charge < -0.3 is 14.8 Å². The van der Waals surface area contributed by atoms with Crippen LogP contribution in [0.1, 0.15) is 31.9 Å². The highest BCUT2D eigenvalue weighted by atomic mass is 19.3. The fraction of sp³-hybridized carbons (Fsp3) is 0.571. The minimum Gasteiger partial charge on any atom is -0.435 e. The Morgan fingerprint density at radius 3 is 2.58 bits per heavy atom. The summed E-state index contributed by atoms with van der Waals surface area (Å²) < 4.78 is 34.2. The molecule has 1 aliphatic rings. The van der Waals surface area contributed by atoms with Crippen LogP contribution in [-0.4, -0.2) is 25.3 Å². The molecular weight excluding hydrogens is 252 g/mol. The summed E-state index contributed by atoms with van der Waals surface area (Å²) >= 11 is 0. The molecule has 1 fully saturated rings. The molecule has 1 N–H and O–H groups in total. The topological polar surface area (TPSA) is 30.5 Å². The number of benzene rings is 1. The molecule has 1 heterocycles. The Labute approximate surface area is 111 Å². The van der Waals surface area contributed by atoms with Gasteiger partial charge in [0.25, 0.3) is 0 Å². The fourth-order valence-corrected chi connectivity index (χ4v) is 2.04. The van der Waals surface area contributed by atoms with Crippen molar-refractivity contribution in [3.63, 3.8) is 0 Å². The van der Waals surface area contributed by atoms with Crippen LogP contribution in [-0.2, 0) is 4.74 Å². The van der Waals surface area contributed by atoms with Crippen molar-refractivity contribution in [2.24, 2.45) is 0 Å². The molecule has 0 radical (unpaired) electrons. The van der Waals surface area contributed by atoms with Crippen LogP contribution in [0.15, 0.2) is 24.3 Å². The summed E-state index contributed by atoms with van der Waals surface area (Å²) in [6, 6.07) is 6.61. The van der Waals surface area contributed by atoms with E-state index < -0.39 is 6.61 Å². The number of rotatable bonds is 4. The SMILES string of the molecule is CCC1(C)COC(c2ccc(OC(F)F)cc2)CN1. The number of halogens is 2. The highest BCUT2D eigenvalue weighted by molar-refractivity contribution is 5.29. The summed E-state index contributed by atoms with van der Waals surface area (Å²) in [6.07, 6.45) is 0.959. The summed E-state index contributed by atoms with van der Waals surface area (Å²) in [5, 5.41) is 3.46. The number of ether oxygens (including phenoxy) is 2. The van der Waals surface area contributed by atoms with Crippen molar-refractivity contribution in [2.75, 3.05) is 13.2 Å². The van der Waals surface area contributed by atoms with Gasteiger partial charge in [0.2, 0.25) is 0 Å². The van der Waals surface area contributed by atoms with E-state index in [4.69, 9.17) is 4.74 Å². The van der Waals surface area contributed by atoms with Crippen molar-refractivity contribution >= 4 is 0 Å². The highest BCUT2D eigenvalue weighted by Crippen LogP contribution is 2.26. The van der Waals surface area contributed by atoms with Crippen molar-refractivity contribution < 1.29 is 18.3 Å². The molecule has 0 aliphatic carbocycles. The standard InChI is InChI=1S/C14H19F2NO2/c1-3-14(2)9-18-12(8-17-14)10-4-6-11(7-5-10)19-13(15)16/h4-7,12-13,17H,3,8-9H2,1-2H3. The highest BCUT2D eigenvalue weighted by Gasteiger charge is 2.30. The first-order valence-corrected chi connectivity index (χ1v) is 6.44. The number of alkyl halides is 2. The molecule has 1 aromatic rings. The van der Waals surface area contributed by atoms with Crippen LogP contribution in [0, 0.1) is 0 Å². The van der Waals surface area contributed by atoms with Crippen LogP contribution in [0.2, 0.25) is 0 Å². The minimum absolute atomic E-state index is 0.0230. The molecule has 0 saturated carbocycles. The predicted octanol–water partition coefficient (Wildman–Crippen LogP) is 3.12. The van der Waals surface area contributed by atoms with Gasteiger partial charge in [-0.2, -0.15) is 8.78 Å². The third-order valence-electron chi connectivity index (χ3n) is 3.57. The first-order valence-electron chi connectivity index (χ1n) is 6.44. The lowest BCUT2D eigenvalue weighted by Crippen LogP contribution is -2.52. The third-order valence-corrected chi connectivity index (χ3v) is 3.57. The average molecular weight is 271 g/mol. The van der Waals surface area contributed by atoms with Gasteiger partial charge in [-0.1, -0.05) is 19.1 Å². The summed E-state index contributed by atoms with van der Waals surface area (Å²) in [4.78, 5) is 0. The van der Waals surface area contributed by atoms with E-state index in [1.165, 1.54) is 0 Å². The van der Waals surface area contributed by atoms with Crippen LogP contribution in [0.4, 0.5) is 8.78 Å². The van der Waals surface area contributed by atoms with Gasteiger partial charge in [0, 0.05) is 12.1 Å². The summed E-state index contributed by atoms with van der Waals surface area (Å²) in [7, 11) is 0. The number of hydrogen-bond acceptors (Lipinski definition) is 3. The zero-order valence-electron chi connectivity index (χ0n) is 11.2. The van der Waals surface area contributed by atoms with Gasteiger partial charge in [0.15, 0.2) is 0 Å². The normalized spacial score (nSPS) is 27.5. The molecule has 0 spiro atoms. The van der Waals surface area contributed by atoms with Crippen molar-refractivity contribution in [1.29, 1.82) is 0 Å². The van der Waals surface area contributed by atoms with E-state index in [0.29, 0.717) is 6.61 Å². The van der Waals surface area contributed by atoms with Gasteiger partial charge in [-0.25, -0.2) is 0 Å². The Hall–Kier alpha value is -1.20. The van der Waals surface area contributed by atoms with Crippen LogP contribution < -0.4 is 10.1 Å². The summed E-state index contributed by atoms with van der Waals surface area (Å²) in [5.74, 6) is 0.168. The number of nitrogens with one attached hydrogen (secondary N) is 1. The van der Waals surface area contributed by atoms with E-state index >= 15 is 0 Å². The van der Waals surface area contributed by atoms with Gasteiger partial charge in [0.1, 0.15) is 5.75 Å². The second kappa shape index (κ2) is 5.84. The van der Waals surface area contributed by atoms with Crippen molar-refractivity contribution in [3.8, 4) is 5.75 Å². The summed E-state index contributed by atoms with van der Waals surface area (Å²) in [6.45, 7) is 2.82. The quantitative estimate of drug-likeness (QED) is 0.912. The zero-order chi connectivity index (χ0) is 13.9. The molecule has 19 heavy (non-hydrogen) atoms. The molecule has 106 valence electrons. The second-order valence-corrected chi connectivity index (χ2v) is 5.04. The van der Waals surface area contributed by atoms with Gasteiger partial charge >= 0.3 is 6.61 Å². The fourth-order valence-electron chi connectivity index (χ4n) is 2.04. The molecule has 2 rings (SSSR count). The molecule has 1 saturated heterocycles. The smallest absolute Gasteiger partial charge is 0.387 e. The Balaban J connectivity index is 1.96. The summed E-state index contributed by atoms with van der Waals surface area (Å²) in [5.41, 5.74) is 0.988. The van der Waals surface area contributed by atoms with Crippen LogP contribution in [0.5, 0.6) is 5.75 Å². The molecule has 2 atom stereocenters. The van der Waals surface area contributed by atoms with E-state index in [2.05, 4.69) is 23.9 Å². The molecule has 2 unspecified atom stereocenters. The Morgan fingerprint density at radius 2 is 2.11 bits per heavy atom. The minimum atomic E-state index is -2.79. The zero-order valence-corrected chi connectivity index (χ0v) is 11.2. The van der Waals surface area contributed by atoms with E-state index in [1.807, 2.05) is 0 Å². The molecule has 1 aliphatic heterocycles. The van der Waals surface area contributed by atoms with Gasteiger partial charge in [-0.3, -0.25) is 0 Å². The largest absolute Gasteiger partial charge is 0.435 e. The van der Waals surface area contributed by atoms with E-state index in [-0.39, 0.29) is 17.4 Å². The van der Waals surface area contributed by atoms with Crippen molar-refractivity contribution in [2.45, 2.75) is 38.5 Å². The van der Waals surface area contributed by atoms with Crippen LogP contribution >= 0.6 is 0 Å². The molecule has 0 amide bonds. The Bertz CT molecular complexity index is 400.